The largest absolute Gasteiger partial charge is 0.309 e. The minimum Gasteiger partial charge on any atom is -0.309 e. The summed E-state index contributed by atoms with van der Waals surface area (Å²) in [4.78, 5) is 20.9. The number of fused-ring (bicyclic) bond motifs is 2. The highest BCUT2D eigenvalue weighted by atomic mass is 19.1. The van der Waals surface area contributed by atoms with Crippen molar-refractivity contribution in [2.75, 3.05) is 5.32 Å². The molecule has 2 aliphatic rings. The second-order valence-electron chi connectivity index (χ2n) is 8.48. The molecule has 3 aromatic heterocycles. The van der Waals surface area contributed by atoms with Gasteiger partial charge in [-0.25, -0.2) is 13.8 Å². The summed E-state index contributed by atoms with van der Waals surface area (Å²) in [5.74, 6) is -0.908. The number of benzene rings is 1. The number of allylic oxidation sites excluding steroid dienone is 2. The molecular weight excluding hydrogens is 414 g/mol. The van der Waals surface area contributed by atoms with Gasteiger partial charge in [0.1, 0.15) is 12.0 Å². The van der Waals surface area contributed by atoms with E-state index in [4.69, 9.17) is 0 Å². The van der Waals surface area contributed by atoms with Crippen LogP contribution in [0.4, 0.5) is 14.6 Å². The van der Waals surface area contributed by atoms with Crippen molar-refractivity contribution in [1.29, 1.82) is 0 Å². The molecule has 0 aliphatic heterocycles. The van der Waals surface area contributed by atoms with Crippen molar-refractivity contribution in [3.05, 3.63) is 47.8 Å². The Morgan fingerprint density at radius 2 is 2.12 bits per heavy atom. The number of halogens is 2. The topological polar surface area (TPSA) is 88.0 Å². The van der Waals surface area contributed by atoms with Gasteiger partial charge in [0, 0.05) is 22.7 Å². The van der Waals surface area contributed by atoms with Crippen LogP contribution < -0.4 is 5.32 Å². The van der Waals surface area contributed by atoms with Crippen molar-refractivity contribution in [2.24, 2.45) is 5.92 Å². The first kappa shape index (κ1) is 19.1. The van der Waals surface area contributed by atoms with Crippen LogP contribution in [0.5, 0.6) is 0 Å². The first-order valence-electron chi connectivity index (χ1n) is 10.7. The van der Waals surface area contributed by atoms with E-state index in [2.05, 4.69) is 31.6 Å². The highest BCUT2D eigenvalue weighted by molar-refractivity contribution is 6.01. The van der Waals surface area contributed by atoms with Gasteiger partial charge in [0.25, 0.3) is 0 Å². The van der Waals surface area contributed by atoms with Crippen LogP contribution >= 0.6 is 0 Å². The van der Waals surface area contributed by atoms with Crippen molar-refractivity contribution in [3.8, 4) is 11.3 Å². The minimum atomic E-state index is -1.07. The van der Waals surface area contributed by atoms with Crippen LogP contribution in [0, 0.1) is 18.7 Å². The highest BCUT2D eigenvalue weighted by Crippen LogP contribution is 2.40. The van der Waals surface area contributed by atoms with Crippen molar-refractivity contribution in [2.45, 2.75) is 38.8 Å². The molecule has 2 aliphatic carbocycles. The lowest BCUT2D eigenvalue weighted by Crippen LogP contribution is -2.15. The Kier molecular flexibility index (Phi) is 4.14. The molecule has 2 N–H and O–H groups in total. The molecule has 1 saturated carbocycles. The lowest BCUT2D eigenvalue weighted by Gasteiger charge is -2.14. The van der Waals surface area contributed by atoms with Gasteiger partial charge in [0.15, 0.2) is 11.5 Å². The second-order valence-corrected chi connectivity index (χ2v) is 8.48. The molecule has 162 valence electrons. The highest BCUT2D eigenvalue weighted by Gasteiger charge is 2.43. The van der Waals surface area contributed by atoms with Crippen molar-refractivity contribution < 1.29 is 13.6 Å². The van der Waals surface area contributed by atoms with Gasteiger partial charge in [0.2, 0.25) is 5.91 Å². The molecular formula is C23H20F2N6O. The summed E-state index contributed by atoms with van der Waals surface area (Å²) in [6, 6.07) is 0. The number of nitrogens with zero attached hydrogens (tertiary/aromatic N) is 4. The molecule has 7 nitrogen and oxygen atoms in total. The van der Waals surface area contributed by atoms with E-state index in [1.807, 2.05) is 0 Å². The summed E-state index contributed by atoms with van der Waals surface area (Å²) in [5, 5.41) is 10.6. The number of aromatic nitrogens is 5. The van der Waals surface area contributed by atoms with E-state index in [0.717, 1.165) is 30.2 Å². The number of imidazole rings is 1. The number of hydrogen-bond acceptors (Lipinski definition) is 4. The van der Waals surface area contributed by atoms with Crippen LogP contribution in [0.15, 0.2) is 30.9 Å². The number of alkyl halides is 1. The lowest BCUT2D eigenvalue weighted by molar-refractivity contribution is -0.117. The van der Waals surface area contributed by atoms with E-state index in [9.17, 15) is 9.18 Å². The lowest BCUT2D eigenvalue weighted by atomic mass is 9.93. The average Bonchev–Trinajstić information content (AvgIpc) is 3.21. The molecule has 0 radical (unpaired) electrons. The number of amides is 1. The third-order valence-electron chi connectivity index (χ3n) is 6.34. The van der Waals surface area contributed by atoms with Crippen LogP contribution in [0.1, 0.15) is 36.8 Å². The van der Waals surface area contributed by atoms with Gasteiger partial charge in [-0.1, -0.05) is 6.08 Å². The number of anilines is 1. The molecule has 2 atom stereocenters. The van der Waals surface area contributed by atoms with E-state index in [1.165, 1.54) is 0 Å². The van der Waals surface area contributed by atoms with Crippen molar-refractivity contribution in [3.63, 3.8) is 0 Å². The number of nitrogens with one attached hydrogen (secondary N) is 2. The number of carbonyl (C=O) groups excluding carboxylic acids is 1. The Hall–Kier alpha value is -3.62. The average molecular weight is 434 g/mol. The molecule has 6 rings (SSSR count). The molecule has 0 unspecified atom stereocenters. The molecule has 4 aromatic rings. The van der Waals surface area contributed by atoms with Crippen LogP contribution in [0.2, 0.25) is 0 Å². The minimum absolute atomic E-state index is 0.253. The normalized spacial score (nSPS) is 20.2. The fourth-order valence-corrected chi connectivity index (χ4v) is 4.55. The van der Waals surface area contributed by atoms with Gasteiger partial charge in [-0.05, 0) is 43.7 Å². The number of hydrogen-bond donors (Lipinski definition) is 2. The molecule has 1 aromatic carbocycles. The molecule has 1 amide bonds. The predicted octanol–water partition coefficient (Wildman–Crippen LogP) is 4.58. The van der Waals surface area contributed by atoms with Gasteiger partial charge in [-0.15, -0.1) is 0 Å². The number of H-pyrrole nitrogens is 1. The smallest absolute Gasteiger partial charge is 0.231 e. The van der Waals surface area contributed by atoms with E-state index < -0.39 is 12.1 Å². The standard InChI is InChI=1S/C23H20F2N6O/c1-11-19(14-7-27-30-22(14)20(21(11)25)12-4-2-3-5-12)16-9-31-10-17(28-18(31)8-26-16)29-23(32)13-6-15(13)24/h4,7-10,13,15H,2-3,5-6H2,1H3,(H,27,30)(H,29,32)/t13-,15+/m1/s1. The van der Waals surface area contributed by atoms with Crippen LogP contribution in [-0.4, -0.2) is 36.6 Å². The number of rotatable bonds is 4. The van der Waals surface area contributed by atoms with Crippen LogP contribution in [0.25, 0.3) is 33.4 Å². The maximum Gasteiger partial charge on any atom is 0.231 e. The molecule has 0 saturated heterocycles. The summed E-state index contributed by atoms with van der Waals surface area (Å²) in [6.45, 7) is 1.75. The monoisotopic (exact) mass is 434 g/mol. The number of aromatic amines is 1. The Morgan fingerprint density at radius 3 is 2.88 bits per heavy atom. The van der Waals surface area contributed by atoms with E-state index in [1.54, 1.807) is 36.1 Å². The summed E-state index contributed by atoms with van der Waals surface area (Å²) >= 11 is 0. The van der Waals surface area contributed by atoms with Crippen molar-refractivity contribution >= 4 is 33.8 Å². The summed E-state index contributed by atoms with van der Waals surface area (Å²) in [6.07, 6.45) is 10.8. The van der Waals surface area contributed by atoms with E-state index in [0.29, 0.717) is 39.4 Å². The van der Waals surface area contributed by atoms with Gasteiger partial charge in [0.05, 0.1) is 35.7 Å². The SMILES string of the molecule is Cc1c(F)c(C2=CCCC2)c2[nH]ncc2c1-c1cn2cc(NC(=O)[C@@H]3C[C@@H]3F)nc2cn1. The molecule has 9 heteroatoms. The Balaban J connectivity index is 1.44. The van der Waals surface area contributed by atoms with E-state index in [-0.39, 0.29) is 18.1 Å². The zero-order valence-electron chi connectivity index (χ0n) is 17.3. The quantitative estimate of drug-likeness (QED) is 0.492. The van der Waals surface area contributed by atoms with Gasteiger partial charge in [-0.3, -0.25) is 14.9 Å². The maximum absolute atomic E-state index is 15.6. The Bertz CT molecular complexity index is 1440. The Labute approximate surface area is 181 Å². The third-order valence-corrected chi connectivity index (χ3v) is 6.34. The zero-order chi connectivity index (χ0) is 22.0. The van der Waals surface area contributed by atoms with E-state index >= 15 is 4.39 Å². The molecule has 1 fully saturated rings. The maximum atomic E-state index is 15.6. The summed E-state index contributed by atoms with van der Waals surface area (Å²) in [7, 11) is 0. The molecule has 0 bridgehead atoms. The van der Waals surface area contributed by atoms with Crippen LogP contribution in [-0.2, 0) is 4.79 Å². The second kappa shape index (κ2) is 6.94. The van der Waals surface area contributed by atoms with Gasteiger partial charge >= 0.3 is 0 Å². The molecule has 3 heterocycles. The first-order chi connectivity index (χ1) is 15.5. The van der Waals surface area contributed by atoms with Gasteiger partial charge in [-0.2, -0.15) is 5.10 Å². The first-order valence-corrected chi connectivity index (χ1v) is 10.7. The van der Waals surface area contributed by atoms with Crippen molar-refractivity contribution in [1.82, 2.24) is 24.6 Å². The predicted molar refractivity (Wildman–Crippen MR) is 116 cm³/mol. The fourth-order valence-electron chi connectivity index (χ4n) is 4.55. The third kappa shape index (κ3) is 2.91. The fraction of sp³-hybridized carbons (Fsp3) is 0.304. The summed E-state index contributed by atoms with van der Waals surface area (Å²) in [5.41, 5.74) is 4.52. The van der Waals surface area contributed by atoms with Gasteiger partial charge < -0.3 is 9.72 Å². The van der Waals surface area contributed by atoms with Crippen LogP contribution in [0.3, 0.4) is 0 Å². The number of carbonyl (C=O) groups is 1. The molecule has 32 heavy (non-hydrogen) atoms. The Morgan fingerprint density at radius 1 is 1.28 bits per heavy atom. The molecule has 0 spiro atoms. The zero-order valence-corrected chi connectivity index (χ0v) is 17.3. The summed E-state index contributed by atoms with van der Waals surface area (Å²) < 4.78 is 30.4.